The van der Waals surface area contributed by atoms with Gasteiger partial charge in [0.25, 0.3) is 10.0 Å². The minimum absolute atomic E-state index is 0.0878. The molecular formula is C9H15N3O3S. The molecule has 0 saturated heterocycles. The number of H-pyrrole nitrogens is 1. The second-order valence-corrected chi connectivity index (χ2v) is 5.91. The number of aromatic amines is 1. The average molecular weight is 245 g/mol. The molecule has 6 nitrogen and oxygen atoms in total. The Hall–Kier alpha value is -0.920. The standard InChI is InChI=1S/C9H15N3O3S/c1-6-10-5-9(12-6)16(14,15)11-4-7-2-8(13)3-7/h5,7-8,11,13H,2-4H2,1H3,(H,10,12). The van der Waals surface area contributed by atoms with Gasteiger partial charge in [0.1, 0.15) is 5.82 Å². The van der Waals surface area contributed by atoms with Crippen molar-refractivity contribution in [1.29, 1.82) is 0 Å². The fourth-order valence-corrected chi connectivity index (χ4v) is 2.79. The molecule has 0 aliphatic heterocycles. The summed E-state index contributed by atoms with van der Waals surface area (Å²) >= 11 is 0. The van der Waals surface area contributed by atoms with E-state index >= 15 is 0 Å². The smallest absolute Gasteiger partial charge is 0.257 e. The van der Waals surface area contributed by atoms with Crippen molar-refractivity contribution in [1.82, 2.24) is 14.7 Å². The predicted molar refractivity (Wildman–Crippen MR) is 57.2 cm³/mol. The van der Waals surface area contributed by atoms with Crippen LogP contribution in [0.25, 0.3) is 0 Å². The summed E-state index contributed by atoms with van der Waals surface area (Å²) in [6.07, 6.45) is 2.38. The summed E-state index contributed by atoms with van der Waals surface area (Å²) in [6.45, 7) is 2.07. The number of hydrogen-bond donors (Lipinski definition) is 3. The van der Waals surface area contributed by atoms with Gasteiger partial charge in [-0.3, -0.25) is 0 Å². The zero-order valence-corrected chi connectivity index (χ0v) is 9.79. The van der Waals surface area contributed by atoms with Crippen LogP contribution in [-0.2, 0) is 10.0 Å². The molecule has 90 valence electrons. The maximum atomic E-state index is 11.7. The third-order valence-corrected chi connectivity index (χ3v) is 4.08. The van der Waals surface area contributed by atoms with Crippen molar-refractivity contribution >= 4 is 10.0 Å². The number of sulfonamides is 1. The molecule has 1 heterocycles. The molecule has 1 fully saturated rings. The van der Waals surface area contributed by atoms with Crippen LogP contribution in [0, 0.1) is 12.8 Å². The zero-order valence-electron chi connectivity index (χ0n) is 8.97. The molecule has 7 heteroatoms. The molecule has 0 aromatic carbocycles. The SMILES string of the molecule is Cc1ncc(S(=O)(=O)NCC2CC(O)C2)[nH]1. The first-order chi connectivity index (χ1) is 7.47. The van der Waals surface area contributed by atoms with Gasteiger partial charge in [-0.2, -0.15) is 0 Å². The van der Waals surface area contributed by atoms with Gasteiger partial charge in [-0.1, -0.05) is 0 Å². The maximum Gasteiger partial charge on any atom is 0.257 e. The van der Waals surface area contributed by atoms with Crippen LogP contribution >= 0.6 is 0 Å². The van der Waals surface area contributed by atoms with E-state index in [1.165, 1.54) is 6.20 Å². The lowest BCUT2D eigenvalue weighted by molar-refractivity contribution is 0.0453. The van der Waals surface area contributed by atoms with Crippen molar-refractivity contribution < 1.29 is 13.5 Å². The van der Waals surface area contributed by atoms with E-state index in [4.69, 9.17) is 5.11 Å². The quantitative estimate of drug-likeness (QED) is 0.682. The Morgan fingerprint density at radius 2 is 2.31 bits per heavy atom. The Balaban J connectivity index is 1.93. The third-order valence-electron chi connectivity index (χ3n) is 2.74. The minimum atomic E-state index is -3.48. The molecule has 2 rings (SSSR count). The number of imidazole rings is 1. The molecule has 1 aromatic heterocycles. The molecule has 0 amide bonds. The van der Waals surface area contributed by atoms with Gasteiger partial charge in [-0.25, -0.2) is 18.1 Å². The summed E-state index contributed by atoms with van der Waals surface area (Å²) in [7, 11) is -3.48. The first-order valence-electron chi connectivity index (χ1n) is 5.17. The van der Waals surface area contributed by atoms with Crippen molar-refractivity contribution in [3.05, 3.63) is 12.0 Å². The summed E-state index contributed by atoms with van der Waals surface area (Å²) in [5, 5.41) is 9.16. The maximum absolute atomic E-state index is 11.7. The van der Waals surface area contributed by atoms with Crippen LogP contribution < -0.4 is 4.72 Å². The third kappa shape index (κ3) is 2.42. The lowest BCUT2D eigenvalue weighted by Crippen LogP contribution is -2.38. The fourth-order valence-electron chi connectivity index (χ4n) is 1.71. The number of aromatic nitrogens is 2. The van der Waals surface area contributed by atoms with Crippen molar-refractivity contribution in [2.24, 2.45) is 5.92 Å². The number of nitrogens with zero attached hydrogens (tertiary/aromatic N) is 1. The topological polar surface area (TPSA) is 95.1 Å². The second-order valence-electron chi connectivity index (χ2n) is 4.18. The van der Waals surface area contributed by atoms with Gasteiger partial charge in [-0.15, -0.1) is 0 Å². The Morgan fingerprint density at radius 1 is 1.62 bits per heavy atom. The lowest BCUT2D eigenvalue weighted by atomic mass is 9.83. The Labute approximate surface area is 94.1 Å². The summed E-state index contributed by atoms with van der Waals surface area (Å²) in [5.41, 5.74) is 0. The summed E-state index contributed by atoms with van der Waals surface area (Å²) in [4.78, 5) is 6.52. The van der Waals surface area contributed by atoms with E-state index < -0.39 is 10.0 Å². The summed E-state index contributed by atoms with van der Waals surface area (Å²) in [5.74, 6) is 0.813. The first kappa shape index (κ1) is 11.6. The van der Waals surface area contributed by atoms with Gasteiger partial charge in [0.05, 0.1) is 12.3 Å². The van der Waals surface area contributed by atoms with Crippen LogP contribution in [0.1, 0.15) is 18.7 Å². The van der Waals surface area contributed by atoms with E-state index in [0.29, 0.717) is 25.2 Å². The number of hydrogen-bond acceptors (Lipinski definition) is 4. The van der Waals surface area contributed by atoms with Crippen molar-refractivity contribution in [2.45, 2.75) is 30.9 Å². The minimum Gasteiger partial charge on any atom is -0.393 e. The summed E-state index contributed by atoms with van der Waals surface area (Å²) in [6, 6.07) is 0. The number of nitrogens with one attached hydrogen (secondary N) is 2. The van der Waals surface area contributed by atoms with Gasteiger partial charge < -0.3 is 10.1 Å². The lowest BCUT2D eigenvalue weighted by Gasteiger charge is -2.31. The van der Waals surface area contributed by atoms with Gasteiger partial charge in [0.15, 0.2) is 5.03 Å². The number of aliphatic hydroxyl groups is 1. The van der Waals surface area contributed by atoms with Crippen LogP contribution in [0.5, 0.6) is 0 Å². The van der Waals surface area contributed by atoms with E-state index in [9.17, 15) is 8.42 Å². The second kappa shape index (κ2) is 4.15. The highest BCUT2D eigenvalue weighted by Crippen LogP contribution is 2.26. The highest BCUT2D eigenvalue weighted by molar-refractivity contribution is 7.89. The van der Waals surface area contributed by atoms with Crippen molar-refractivity contribution in [3.8, 4) is 0 Å². The predicted octanol–water partition coefficient (Wildman–Crippen LogP) is -0.233. The molecule has 1 aromatic rings. The van der Waals surface area contributed by atoms with E-state index in [-0.39, 0.29) is 17.0 Å². The van der Waals surface area contributed by atoms with E-state index in [1.54, 1.807) is 6.92 Å². The van der Waals surface area contributed by atoms with Crippen LogP contribution in [0.3, 0.4) is 0 Å². The molecule has 16 heavy (non-hydrogen) atoms. The highest BCUT2D eigenvalue weighted by atomic mass is 32.2. The largest absolute Gasteiger partial charge is 0.393 e. The van der Waals surface area contributed by atoms with E-state index in [0.717, 1.165) is 0 Å². The van der Waals surface area contributed by atoms with E-state index in [1.807, 2.05) is 0 Å². The fraction of sp³-hybridized carbons (Fsp3) is 0.667. The summed E-state index contributed by atoms with van der Waals surface area (Å²) < 4.78 is 26.0. The average Bonchev–Trinajstić information content (AvgIpc) is 2.58. The van der Waals surface area contributed by atoms with Crippen molar-refractivity contribution in [2.75, 3.05) is 6.54 Å². The molecule has 1 aliphatic rings. The van der Waals surface area contributed by atoms with Gasteiger partial charge in [0.2, 0.25) is 0 Å². The molecule has 1 saturated carbocycles. The molecule has 0 bridgehead atoms. The van der Waals surface area contributed by atoms with Gasteiger partial charge in [-0.05, 0) is 25.7 Å². The van der Waals surface area contributed by atoms with E-state index in [2.05, 4.69) is 14.7 Å². The molecule has 0 unspecified atom stereocenters. The molecule has 0 spiro atoms. The van der Waals surface area contributed by atoms with Gasteiger partial charge >= 0.3 is 0 Å². The molecular weight excluding hydrogens is 230 g/mol. The van der Waals surface area contributed by atoms with Crippen LogP contribution in [-0.4, -0.2) is 36.1 Å². The van der Waals surface area contributed by atoms with Crippen molar-refractivity contribution in [3.63, 3.8) is 0 Å². The van der Waals surface area contributed by atoms with Crippen LogP contribution in [0.15, 0.2) is 11.2 Å². The number of rotatable bonds is 4. The Bertz CT molecular complexity index is 462. The normalized spacial score (nSPS) is 25.4. The molecule has 3 N–H and O–H groups in total. The Morgan fingerprint density at radius 3 is 2.81 bits per heavy atom. The molecule has 1 aliphatic carbocycles. The Kier molecular flexibility index (Phi) is 3.00. The number of aryl methyl sites for hydroxylation is 1. The highest BCUT2D eigenvalue weighted by Gasteiger charge is 2.28. The first-order valence-corrected chi connectivity index (χ1v) is 6.65. The van der Waals surface area contributed by atoms with Crippen LogP contribution in [0.2, 0.25) is 0 Å². The zero-order chi connectivity index (χ0) is 11.8. The van der Waals surface area contributed by atoms with Crippen LogP contribution in [0.4, 0.5) is 0 Å². The van der Waals surface area contributed by atoms with Gasteiger partial charge in [0, 0.05) is 6.54 Å². The monoisotopic (exact) mass is 245 g/mol. The molecule has 0 radical (unpaired) electrons. The molecule has 0 atom stereocenters. The number of aliphatic hydroxyl groups excluding tert-OH is 1.